The molecule has 0 aliphatic rings. The van der Waals surface area contributed by atoms with Gasteiger partial charge in [-0.05, 0) is 30.0 Å². The second kappa shape index (κ2) is 7.78. The molecular formula is C16H27N3O. The van der Waals surface area contributed by atoms with Crippen LogP contribution in [0.3, 0.4) is 0 Å². The van der Waals surface area contributed by atoms with Crippen molar-refractivity contribution in [3.63, 3.8) is 0 Å². The van der Waals surface area contributed by atoms with Crippen LogP contribution in [0, 0.1) is 5.92 Å². The number of nitrogens with zero attached hydrogens (tertiary/aromatic N) is 3. The van der Waals surface area contributed by atoms with Gasteiger partial charge in [-0.15, -0.1) is 0 Å². The summed E-state index contributed by atoms with van der Waals surface area (Å²) in [4.78, 5) is 8.78. The van der Waals surface area contributed by atoms with E-state index in [4.69, 9.17) is 9.73 Å². The molecule has 0 N–H and O–H groups in total. The molecule has 0 heterocycles. The van der Waals surface area contributed by atoms with Crippen molar-refractivity contribution in [2.24, 2.45) is 10.9 Å². The summed E-state index contributed by atoms with van der Waals surface area (Å²) in [5.74, 6) is 2.42. The Labute approximate surface area is 123 Å². The number of hydrogen-bond donors (Lipinski definition) is 0. The summed E-state index contributed by atoms with van der Waals surface area (Å²) < 4.78 is 5.17. The van der Waals surface area contributed by atoms with Crippen LogP contribution >= 0.6 is 0 Å². The molecule has 4 nitrogen and oxygen atoms in total. The average Bonchev–Trinajstić information content (AvgIpc) is 2.39. The molecule has 0 aliphatic heterocycles. The lowest BCUT2D eigenvalue weighted by Crippen LogP contribution is -2.35. The molecule has 0 saturated heterocycles. The first-order valence-corrected chi connectivity index (χ1v) is 6.96. The number of ether oxygens (including phenoxy) is 1. The first-order valence-electron chi connectivity index (χ1n) is 6.96. The highest BCUT2D eigenvalue weighted by Crippen LogP contribution is 2.14. The van der Waals surface area contributed by atoms with Gasteiger partial charge in [0.15, 0.2) is 5.96 Å². The van der Waals surface area contributed by atoms with Gasteiger partial charge in [0.25, 0.3) is 0 Å². The molecule has 0 saturated carbocycles. The lowest BCUT2D eigenvalue weighted by atomic mass is 10.0. The summed E-state index contributed by atoms with van der Waals surface area (Å²) in [6, 6.07) is 8.27. The zero-order valence-corrected chi connectivity index (χ0v) is 13.6. The monoisotopic (exact) mass is 277 g/mol. The fourth-order valence-corrected chi connectivity index (χ4v) is 2.15. The van der Waals surface area contributed by atoms with Crippen LogP contribution in [0.25, 0.3) is 0 Å². The van der Waals surface area contributed by atoms with E-state index in [1.807, 2.05) is 50.1 Å². The summed E-state index contributed by atoms with van der Waals surface area (Å²) in [6.45, 7) is 3.06. The molecule has 20 heavy (non-hydrogen) atoms. The number of guanidine groups is 1. The summed E-state index contributed by atoms with van der Waals surface area (Å²) in [6.07, 6.45) is 1.03. The molecule has 0 amide bonds. The molecule has 0 fully saturated rings. The minimum Gasteiger partial charge on any atom is -0.497 e. The van der Waals surface area contributed by atoms with Gasteiger partial charge < -0.3 is 14.5 Å². The minimum atomic E-state index is 0.512. The van der Waals surface area contributed by atoms with E-state index in [2.05, 4.69) is 19.1 Å². The third-order valence-electron chi connectivity index (χ3n) is 3.09. The van der Waals surface area contributed by atoms with Crippen LogP contribution in [0.1, 0.15) is 12.5 Å². The molecule has 0 bridgehead atoms. The Morgan fingerprint density at radius 3 is 2.10 bits per heavy atom. The van der Waals surface area contributed by atoms with Crippen molar-refractivity contribution >= 4 is 5.96 Å². The van der Waals surface area contributed by atoms with Crippen molar-refractivity contribution in [1.29, 1.82) is 0 Å². The van der Waals surface area contributed by atoms with Gasteiger partial charge in [-0.1, -0.05) is 19.1 Å². The number of rotatable bonds is 5. The van der Waals surface area contributed by atoms with Crippen LogP contribution in [0.2, 0.25) is 0 Å². The number of hydrogen-bond acceptors (Lipinski definition) is 2. The Kier molecular flexibility index (Phi) is 6.36. The highest BCUT2D eigenvalue weighted by atomic mass is 16.5. The van der Waals surface area contributed by atoms with Gasteiger partial charge in [0.1, 0.15) is 5.75 Å². The van der Waals surface area contributed by atoms with E-state index in [1.54, 1.807) is 7.11 Å². The van der Waals surface area contributed by atoms with Gasteiger partial charge in [-0.25, -0.2) is 0 Å². The highest BCUT2D eigenvalue weighted by molar-refractivity contribution is 5.79. The number of aliphatic imine (C=N–C) groups is 1. The lowest BCUT2D eigenvalue weighted by molar-refractivity contribution is 0.414. The van der Waals surface area contributed by atoms with Gasteiger partial charge in [0, 0.05) is 34.7 Å². The smallest absolute Gasteiger partial charge is 0.195 e. The number of methoxy groups -OCH3 is 1. The largest absolute Gasteiger partial charge is 0.497 e. The highest BCUT2D eigenvalue weighted by Gasteiger charge is 2.07. The van der Waals surface area contributed by atoms with Crippen molar-refractivity contribution in [3.05, 3.63) is 29.8 Å². The SMILES string of the molecule is COc1ccc(C[C@@H](C)CN=C(N(C)C)N(C)C)cc1. The number of benzene rings is 1. The summed E-state index contributed by atoms with van der Waals surface area (Å²) in [7, 11) is 9.77. The molecule has 1 rings (SSSR count). The first kappa shape index (κ1) is 16.3. The van der Waals surface area contributed by atoms with Crippen LogP contribution in [0.5, 0.6) is 5.75 Å². The molecule has 0 radical (unpaired) electrons. The predicted octanol–water partition coefficient (Wildman–Crippen LogP) is 2.35. The third-order valence-corrected chi connectivity index (χ3v) is 3.09. The lowest BCUT2D eigenvalue weighted by Gasteiger charge is -2.23. The molecule has 0 unspecified atom stereocenters. The molecule has 4 heteroatoms. The van der Waals surface area contributed by atoms with Crippen molar-refractivity contribution in [3.8, 4) is 5.75 Å². The van der Waals surface area contributed by atoms with Gasteiger partial charge >= 0.3 is 0 Å². The molecule has 0 aromatic heterocycles. The molecule has 0 spiro atoms. The van der Waals surface area contributed by atoms with Crippen LogP contribution in [-0.4, -0.2) is 57.6 Å². The van der Waals surface area contributed by atoms with E-state index in [0.29, 0.717) is 5.92 Å². The molecule has 1 aromatic rings. The maximum absolute atomic E-state index is 5.17. The fraction of sp³-hybridized carbons (Fsp3) is 0.562. The van der Waals surface area contributed by atoms with Gasteiger partial charge in [0.2, 0.25) is 0 Å². The van der Waals surface area contributed by atoms with E-state index < -0.39 is 0 Å². The second-order valence-electron chi connectivity index (χ2n) is 5.59. The van der Waals surface area contributed by atoms with Crippen molar-refractivity contribution in [1.82, 2.24) is 9.80 Å². The Bertz CT molecular complexity index is 414. The third kappa shape index (κ3) is 5.11. The van der Waals surface area contributed by atoms with Gasteiger partial charge in [-0.2, -0.15) is 0 Å². The van der Waals surface area contributed by atoms with Crippen molar-refractivity contribution in [2.45, 2.75) is 13.3 Å². The summed E-state index contributed by atoms with van der Waals surface area (Å²) in [5, 5.41) is 0. The van der Waals surface area contributed by atoms with Crippen LogP contribution in [0.15, 0.2) is 29.3 Å². The van der Waals surface area contributed by atoms with Crippen molar-refractivity contribution in [2.75, 3.05) is 41.8 Å². The standard InChI is InChI=1S/C16H27N3O/c1-13(12-17-16(18(2)3)19(4)5)11-14-7-9-15(20-6)10-8-14/h7-10,13H,11-12H2,1-6H3/t13-/m1/s1. The summed E-state index contributed by atoms with van der Waals surface area (Å²) >= 11 is 0. The Hall–Kier alpha value is -1.71. The fourth-order valence-electron chi connectivity index (χ4n) is 2.15. The Morgan fingerprint density at radius 2 is 1.65 bits per heavy atom. The quantitative estimate of drug-likeness (QED) is 0.611. The first-order chi connectivity index (χ1) is 9.43. The Balaban J connectivity index is 2.58. The van der Waals surface area contributed by atoms with Crippen LogP contribution in [-0.2, 0) is 6.42 Å². The van der Waals surface area contributed by atoms with Crippen molar-refractivity contribution < 1.29 is 4.74 Å². The maximum Gasteiger partial charge on any atom is 0.195 e. The van der Waals surface area contributed by atoms with E-state index in [-0.39, 0.29) is 0 Å². The van der Waals surface area contributed by atoms with Gasteiger partial charge in [-0.3, -0.25) is 4.99 Å². The maximum atomic E-state index is 5.17. The normalized spacial score (nSPS) is 11.7. The van der Waals surface area contributed by atoms with E-state index in [9.17, 15) is 0 Å². The predicted molar refractivity (Wildman–Crippen MR) is 85.5 cm³/mol. The summed E-state index contributed by atoms with van der Waals surface area (Å²) in [5.41, 5.74) is 1.32. The van der Waals surface area contributed by atoms with Crippen LogP contribution < -0.4 is 4.74 Å². The van der Waals surface area contributed by atoms with E-state index in [1.165, 1.54) is 5.56 Å². The van der Waals surface area contributed by atoms with E-state index >= 15 is 0 Å². The Morgan fingerprint density at radius 1 is 1.10 bits per heavy atom. The van der Waals surface area contributed by atoms with Gasteiger partial charge in [0.05, 0.1) is 7.11 Å². The molecule has 0 aliphatic carbocycles. The average molecular weight is 277 g/mol. The zero-order valence-electron chi connectivity index (χ0n) is 13.6. The minimum absolute atomic E-state index is 0.512. The second-order valence-corrected chi connectivity index (χ2v) is 5.59. The van der Waals surface area contributed by atoms with Crippen LogP contribution in [0.4, 0.5) is 0 Å². The van der Waals surface area contributed by atoms with E-state index in [0.717, 1.165) is 24.7 Å². The molecular weight excluding hydrogens is 250 g/mol. The molecule has 1 aromatic carbocycles. The zero-order chi connectivity index (χ0) is 15.1. The topological polar surface area (TPSA) is 28.1 Å². The molecule has 1 atom stereocenters. The molecule has 112 valence electrons.